The number of benzene rings is 2. The zero-order chi connectivity index (χ0) is 21.3. The summed E-state index contributed by atoms with van der Waals surface area (Å²) < 4.78 is 0. The molecule has 0 unspecified atom stereocenters. The minimum Gasteiger partial charge on any atom is -0.370 e. The number of carbonyl (C=O) groups excluding carboxylic acids is 2. The van der Waals surface area contributed by atoms with Crippen molar-refractivity contribution in [3.63, 3.8) is 0 Å². The van der Waals surface area contributed by atoms with Crippen molar-refractivity contribution in [2.45, 2.75) is 13.3 Å². The van der Waals surface area contributed by atoms with Gasteiger partial charge >= 0.3 is 0 Å². The van der Waals surface area contributed by atoms with Crippen molar-refractivity contribution in [3.8, 4) is 6.07 Å². The number of rotatable bonds is 6. The van der Waals surface area contributed by atoms with E-state index in [4.69, 9.17) is 5.26 Å². The molecule has 2 aromatic carbocycles. The van der Waals surface area contributed by atoms with E-state index in [0.29, 0.717) is 17.9 Å². The van der Waals surface area contributed by atoms with Crippen molar-refractivity contribution in [1.82, 2.24) is 4.90 Å². The molecule has 1 aliphatic heterocycles. The molecule has 30 heavy (non-hydrogen) atoms. The molecule has 0 atom stereocenters. The average molecular weight is 423 g/mol. The van der Waals surface area contributed by atoms with Crippen LogP contribution in [-0.2, 0) is 9.59 Å². The standard InChI is InChI=1S/C23H26N4O2S/c1-18-3-7-20(8-4-18)25-22(28)16-30-17-23(29)27-12-2-11-26(13-14-27)21-9-5-19(15-24)6-10-21/h3-10H,2,11-14,16-17H2,1H3,(H,25,28). The maximum Gasteiger partial charge on any atom is 0.234 e. The van der Waals surface area contributed by atoms with Crippen molar-refractivity contribution in [1.29, 1.82) is 5.26 Å². The molecule has 1 N–H and O–H groups in total. The number of hydrogen-bond donors (Lipinski definition) is 1. The highest BCUT2D eigenvalue weighted by Gasteiger charge is 2.19. The van der Waals surface area contributed by atoms with Gasteiger partial charge in [-0.15, -0.1) is 11.8 Å². The zero-order valence-electron chi connectivity index (χ0n) is 17.1. The number of amides is 2. The van der Waals surface area contributed by atoms with E-state index in [-0.39, 0.29) is 17.6 Å². The molecule has 3 rings (SSSR count). The van der Waals surface area contributed by atoms with Crippen molar-refractivity contribution < 1.29 is 9.59 Å². The highest BCUT2D eigenvalue weighted by molar-refractivity contribution is 8.00. The van der Waals surface area contributed by atoms with Crippen molar-refractivity contribution in [3.05, 3.63) is 59.7 Å². The monoisotopic (exact) mass is 422 g/mol. The molecule has 0 radical (unpaired) electrons. The fourth-order valence-electron chi connectivity index (χ4n) is 3.33. The smallest absolute Gasteiger partial charge is 0.234 e. The van der Waals surface area contributed by atoms with Crippen LogP contribution >= 0.6 is 11.8 Å². The van der Waals surface area contributed by atoms with Gasteiger partial charge in [0.05, 0.1) is 23.1 Å². The van der Waals surface area contributed by atoms with Gasteiger partial charge in [0.15, 0.2) is 0 Å². The van der Waals surface area contributed by atoms with Crippen LogP contribution in [0.1, 0.15) is 17.5 Å². The van der Waals surface area contributed by atoms with Crippen LogP contribution in [0.4, 0.5) is 11.4 Å². The first-order valence-electron chi connectivity index (χ1n) is 10.0. The predicted octanol–water partition coefficient (Wildman–Crippen LogP) is 3.28. The quantitative estimate of drug-likeness (QED) is 0.773. The molecule has 156 valence electrons. The van der Waals surface area contributed by atoms with Gasteiger partial charge in [-0.1, -0.05) is 17.7 Å². The molecule has 0 aliphatic carbocycles. The number of nitriles is 1. The number of nitrogens with zero attached hydrogens (tertiary/aromatic N) is 3. The summed E-state index contributed by atoms with van der Waals surface area (Å²) in [4.78, 5) is 28.8. The average Bonchev–Trinajstić information content (AvgIpc) is 3.02. The van der Waals surface area contributed by atoms with E-state index in [9.17, 15) is 9.59 Å². The summed E-state index contributed by atoms with van der Waals surface area (Å²) in [5, 5.41) is 11.8. The van der Waals surface area contributed by atoms with Gasteiger partial charge in [-0.2, -0.15) is 5.26 Å². The van der Waals surface area contributed by atoms with Gasteiger partial charge < -0.3 is 15.1 Å². The van der Waals surface area contributed by atoms with Gasteiger partial charge in [0, 0.05) is 37.6 Å². The largest absolute Gasteiger partial charge is 0.370 e. The first-order valence-corrected chi connectivity index (χ1v) is 11.2. The third-order valence-corrected chi connectivity index (χ3v) is 5.92. The SMILES string of the molecule is Cc1ccc(NC(=O)CSCC(=O)N2CCCN(c3ccc(C#N)cc3)CC2)cc1. The molecule has 2 amide bonds. The number of nitrogens with one attached hydrogen (secondary N) is 1. The lowest BCUT2D eigenvalue weighted by Gasteiger charge is -2.23. The highest BCUT2D eigenvalue weighted by atomic mass is 32.2. The van der Waals surface area contributed by atoms with Crippen molar-refractivity contribution >= 4 is 35.0 Å². The second-order valence-corrected chi connectivity index (χ2v) is 8.27. The molecule has 6 nitrogen and oxygen atoms in total. The minimum absolute atomic E-state index is 0.0739. The van der Waals surface area contributed by atoms with Crippen LogP contribution in [0.2, 0.25) is 0 Å². The van der Waals surface area contributed by atoms with Crippen LogP contribution in [0.25, 0.3) is 0 Å². The Morgan fingerprint density at radius 2 is 1.73 bits per heavy atom. The first kappa shape index (κ1) is 21.7. The van der Waals surface area contributed by atoms with Crippen LogP contribution in [0.3, 0.4) is 0 Å². The van der Waals surface area contributed by atoms with Gasteiger partial charge in [-0.05, 0) is 49.7 Å². The third-order valence-electron chi connectivity index (χ3n) is 5.00. The van der Waals surface area contributed by atoms with Crippen LogP contribution in [-0.4, -0.2) is 54.4 Å². The van der Waals surface area contributed by atoms with Gasteiger partial charge in [-0.3, -0.25) is 9.59 Å². The number of thioether (sulfide) groups is 1. The molecular formula is C23H26N4O2S. The van der Waals surface area contributed by atoms with E-state index in [0.717, 1.165) is 43.0 Å². The second-order valence-electron chi connectivity index (χ2n) is 7.29. The lowest BCUT2D eigenvalue weighted by atomic mass is 10.2. The number of aryl methyl sites for hydroxylation is 1. The van der Waals surface area contributed by atoms with Gasteiger partial charge in [0.1, 0.15) is 0 Å². The summed E-state index contributed by atoms with van der Waals surface area (Å²) >= 11 is 1.35. The summed E-state index contributed by atoms with van der Waals surface area (Å²) in [6.07, 6.45) is 0.893. The Morgan fingerprint density at radius 1 is 1.00 bits per heavy atom. The molecule has 1 saturated heterocycles. The van der Waals surface area contributed by atoms with E-state index in [1.165, 1.54) is 11.8 Å². The Bertz CT molecular complexity index is 906. The summed E-state index contributed by atoms with van der Waals surface area (Å²) in [7, 11) is 0. The van der Waals surface area contributed by atoms with E-state index in [1.54, 1.807) is 0 Å². The molecule has 1 fully saturated rings. The van der Waals surface area contributed by atoms with E-state index in [2.05, 4.69) is 16.3 Å². The molecule has 2 aromatic rings. The highest BCUT2D eigenvalue weighted by Crippen LogP contribution is 2.18. The Labute approximate surface area is 181 Å². The first-order chi connectivity index (χ1) is 14.5. The summed E-state index contributed by atoms with van der Waals surface area (Å²) in [5.74, 6) is 0.535. The Kier molecular flexibility index (Phi) is 7.75. The van der Waals surface area contributed by atoms with Crippen molar-refractivity contribution in [2.75, 3.05) is 47.9 Å². The zero-order valence-corrected chi connectivity index (χ0v) is 18.0. The maximum atomic E-state index is 12.6. The Hall–Kier alpha value is -2.98. The molecule has 1 aliphatic rings. The topological polar surface area (TPSA) is 76.4 Å². The second kappa shape index (κ2) is 10.7. The number of anilines is 2. The van der Waals surface area contributed by atoms with Gasteiger partial charge in [-0.25, -0.2) is 0 Å². The number of carbonyl (C=O) groups is 2. The number of hydrogen-bond acceptors (Lipinski definition) is 5. The lowest BCUT2D eigenvalue weighted by molar-refractivity contribution is -0.128. The molecule has 0 aromatic heterocycles. The van der Waals surface area contributed by atoms with Gasteiger partial charge in [0.25, 0.3) is 0 Å². The molecule has 0 spiro atoms. The van der Waals surface area contributed by atoms with Crippen molar-refractivity contribution in [2.24, 2.45) is 0 Å². The fraction of sp³-hybridized carbons (Fsp3) is 0.348. The third kappa shape index (κ3) is 6.26. The van der Waals surface area contributed by atoms with Crippen LogP contribution in [0.15, 0.2) is 48.5 Å². The normalized spacial score (nSPS) is 14.0. The minimum atomic E-state index is -0.0977. The molecule has 0 saturated carbocycles. The van der Waals surface area contributed by atoms with E-state index < -0.39 is 0 Å². The van der Waals surface area contributed by atoms with Crippen LogP contribution in [0.5, 0.6) is 0 Å². The van der Waals surface area contributed by atoms with E-state index in [1.807, 2.05) is 60.4 Å². The molecule has 1 heterocycles. The molecular weight excluding hydrogens is 396 g/mol. The summed E-state index contributed by atoms with van der Waals surface area (Å²) in [6, 6.07) is 17.3. The lowest BCUT2D eigenvalue weighted by Crippen LogP contribution is -2.36. The summed E-state index contributed by atoms with van der Waals surface area (Å²) in [5.41, 5.74) is 3.63. The maximum absolute atomic E-state index is 12.6. The predicted molar refractivity (Wildman–Crippen MR) is 122 cm³/mol. The van der Waals surface area contributed by atoms with Gasteiger partial charge in [0.2, 0.25) is 11.8 Å². The molecule has 0 bridgehead atoms. The van der Waals surface area contributed by atoms with Crippen LogP contribution in [0, 0.1) is 18.3 Å². The Balaban J connectivity index is 1.41. The fourth-order valence-corrected chi connectivity index (χ4v) is 4.04. The van der Waals surface area contributed by atoms with E-state index >= 15 is 0 Å². The Morgan fingerprint density at radius 3 is 2.43 bits per heavy atom. The molecule has 7 heteroatoms. The van der Waals surface area contributed by atoms with Crippen LogP contribution < -0.4 is 10.2 Å². The summed E-state index contributed by atoms with van der Waals surface area (Å²) in [6.45, 7) is 5.02.